The molecule has 14 heteroatoms. The van der Waals surface area contributed by atoms with Crippen LogP contribution < -0.4 is 20.0 Å². The maximum atomic E-state index is 14.5. The minimum Gasteiger partial charge on any atom is -0.508 e. The molecule has 4 amide bonds. The van der Waals surface area contributed by atoms with Crippen LogP contribution in [0.5, 0.6) is 11.5 Å². The summed E-state index contributed by atoms with van der Waals surface area (Å²) < 4.78 is 19.4. The lowest BCUT2D eigenvalue weighted by Gasteiger charge is -2.50. The zero-order chi connectivity index (χ0) is 33.6. The Kier molecular flexibility index (Phi) is 7.29. The second kappa shape index (κ2) is 10.9. The fraction of sp³-hybridized carbons (Fsp3) is 0.273. The highest BCUT2D eigenvalue weighted by Gasteiger charge is 2.77. The topological polar surface area (TPSA) is 145 Å². The van der Waals surface area contributed by atoms with Crippen LogP contribution in [0.4, 0.5) is 15.8 Å². The van der Waals surface area contributed by atoms with E-state index in [0.717, 1.165) is 21.9 Å². The summed E-state index contributed by atoms with van der Waals surface area (Å²) in [6.45, 7) is 0. The summed E-state index contributed by atoms with van der Waals surface area (Å²) in [4.78, 5) is 54.3. The van der Waals surface area contributed by atoms with Crippen molar-refractivity contribution in [1.82, 2.24) is 0 Å². The van der Waals surface area contributed by atoms with E-state index in [1.54, 1.807) is 12.1 Å². The van der Waals surface area contributed by atoms with Gasteiger partial charge >= 0.3 is 7.12 Å². The molecule has 47 heavy (non-hydrogen) atoms. The molecule has 0 aromatic heterocycles. The van der Waals surface area contributed by atoms with E-state index in [0.29, 0.717) is 5.57 Å². The highest BCUT2D eigenvalue weighted by Crippen LogP contribution is 2.67. The monoisotopic (exact) mass is 678 g/mol. The number of fused-ring (bicyclic) bond motifs is 4. The Balaban J connectivity index is 1.41. The molecule has 0 spiro atoms. The first kappa shape index (κ1) is 31.4. The second-order valence-electron chi connectivity index (χ2n) is 12.1. The number of carbonyl (C=O) groups is 4. The van der Waals surface area contributed by atoms with E-state index in [4.69, 9.17) is 27.9 Å². The number of ether oxygens (including phenoxy) is 1. The predicted molar refractivity (Wildman–Crippen MR) is 170 cm³/mol. The molecule has 6 atom stereocenters. The minimum atomic E-state index is -2.25. The summed E-state index contributed by atoms with van der Waals surface area (Å²) in [6.07, 6.45) is 1.46. The molecule has 2 aliphatic heterocycles. The number of hydrogen-bond donors (Lipinski definition) is 3. The number of imide groups is 2. The van der Waals surface area contributed by atoms with Crippen LogP contribution in [0.15, 0.2) is 78.4 Å². The van der Waals surface area contributed by atoms with Gasteiger partial charge < -0.3 is 19.9 Å². The average Bonchev–Trinajstić information content (AvgIpc) is 3.39. The first-order chi connectivity index (χ1) is 22.3. The lowest BCUT2D eigenvalue weighted by molar-refractivity contribution is -0.125. The highest BCUT2D eigenvalue weighted by atomic mass is 35.5. The molecule has 2 aliphatic carbocycles. The normalized spacial score (nSPS) is 29.8. The summed E-state index contributed by atoms with van der Waals surface area (Å²) in [5.41, 5.74) is 0.742. The number of hydrogen-bond acceptors (Lipinski definition) is 8. The number of benzene rings is 3. The van der Waals surface area contributed by atoms with Gasteiger partial charge in [0.05, 0.1) is 30.3 Å². The molecular weight excluding hydrogens is 653 g/mol. The first-order valence-corrected chi connectivity index (χ1v) is 15.5. The number of phenolic OH excluding ortho intramolecular Hbond substituents is 1. The second-order valence-corrected chi connectivity index (χ2v) is 13.4. The van der Waals surface area contributed by atoms with Crippen molar-refractivity contribution in [2.75, 3.05) is 16.9 Å². The third-order valence-electron chi connectivity index (χ3n) is 9.87. The number of allylic oxidation sites excluding steroid dienone is 2. The number of alkyl halides is 2. The zero-order valence-corrected chi connectivity index (χ0v) is 26.2. The molecule has 2 saturated heterocycles. The van der Waals surface area contributed by atoms with Gasteiger partial charge in [-0.1, -0.05) is 29.8 Å². The van der Waals surface area contributed by atoms with Gasteiger partial charge in [-0.05, 0) is 72.8 Å². The molecule has 1 saturated carbocycles. The van der Waals surface area contributed by atoms with Crippen molar-refractivity contribution in [3.63, 3.8) is 0 Å². The SMILES string of the molecule is COc1cccc(O)c1[C@H]1C2=CC[C@@H]3C(=O)N(c4cccc(B(O)O)c4)C(=O)[C@@H]3[C@@H]2C[C@@]2(Cl)C(=O)N(c3ccc(F)cc3)C(=O)[C@@]12Cl. The number of anilines is 2. The molecule has 10 nitrogen and oxygen atoms in total. The Morgan fingerprint density at radius 3 is 2.28 bits per heavy atom. The largest absolute Gasteiger partial charge is 0.508 e. The standard InChI is InChI=1S/C33H26BCl2FN2O8/c1-47-24-7-3-6-23(40)26(24)27-20-12-13-21-25(29(42)38(28(21)41)19-5-2-4-16(14-19)34(45)46)22(20)15-32(35)30(43)39(31(44)33(27,32)36)18-10-8-17(37)9-11-18/h2-12,14,21-22,25,27,40,45-46H,13,15H2,1H3/t21-,22+,25-,27+,32+,33-/m0/s1. The summed E-state index contributed by atoms with van der Waals surface area (Å²) in [5, 5.41) is 30.7. The molecule has 7 rings (SSSR count). The number of methoxy groups -OCH3 is 1. The Labute approximate surface area is 278 Å². The number of phenols is 1. The maximum Gasteiger partial charge on any atom is 0.488 e. The van der Waals surface area contributed by atoms with Crippen LogP contribution in [0.2, 0.25) is 0 Å². The summed E-state index contributed by atoms with van der Waals surface area (Å²) in [6, 6.07) is 14.8. The molecule has 2 heterocycles. The van der Waals surface area contributed by atoms with E-state index in [2.05, 4.69) is 0 Å². The van der Waals surface area contributed by atoms with Gasteiger partial charge in [0.1, 0.15) is 17.3 Å². The molecule has 240 valence electrons. The van der Waals surface area contributed by atoms with Gasteiger partial charge in [-0.3, -0.25) is 24.1 Å². The van der Waals surface area contributed by atoms with Crippen molar-refractivity contribution >= 4 is 70.8 Å². The number of halogens is 3. The van der Waals surface area contributed by atoms with Gasteiger partial charge in [-0.15, -0.1) is 23.2 Å². The van der Waals surface area contributed by atoms with Gasteiger partial charge in [-0.2, -0.15) is 0 Å². The number of carbonyl (C=O) groups excluding carboxylic acids is 4. The summed E-state index contributed by atoms with van der Waals surface area (Å²) in [5.74, 6) is -7.78. The van der Waals surface area contributed by atoms with Gasteiger partial charge in [0, 0.05) is 11.5 Å². The van der Waals surface area contributed by atoms with Crippen LogP contribution in [0, 0.1) is 23.6 Å². The molecular formula is C33H26BCl2FN2O8. The summed E-state index contributed by atoms with van der Waals surface area (Å²) in [7, 11) is -0.478. The number of nitrogens with zero attached hydrogens (tertiary/aromatic N) is 2. The highest BCUT2D eigenvalue weighted by molar-refractivity contribution is 6.59. The smallest absolute Gasteiger partial charge is 0.488 e. The molecule has 0 bridgehead atoms. The van der Waals surface area contributed by atoms with E-state index in [1.807, 2.05) is 0 Å². The number of aromatic hydroxyl groups is 1. The van der Waals surface area contributed by atoms with Crippen molar-refractivity contribution in [3.05, 3.63) is 89.8 Å². The fourth-order valence-corrected chi connectivity index (χ4v) is 8.71. The third kappa shape index (κ3) is 4.25. The Morgan fingerprint density at radius 2 is 1.60 bits per heavy atom. The lowest BCUT2D eigenvalue weighted by atomic mass is 9.56. The zero-order valence-electron chi connectivity index (χ0n) is 24.6. The summed E-state index contributed by atoms with van der Waals surface area (Å²) >= 11 is 14.7. The van der Waals surface area contributed by atoms with E-state index in [9.17, 15) is 38.7 Å². The van der Waals surface area contributed by atoms with Crippen molar-refractivity contribution in [2.45, 2.75) is 28.5 Å². The molecule has 3 N–H and O–H groups in total. The van der Waals surface area contributed by atoms with E-state index in [-0.39, 0.29) is 46.7 Å². The lowest BCUT2D eigenvalue weighted by Crippen LogP contribution is -2.60. The van der Waals surface area contributed by atoms with Crippen LogP contribution >= 0.6 is 23.2 Å². The van der Waals surface area contributed by atoms with Crippen LogP contribution in [-0.2, 0) is 19.2 Å². The fourth-order valence-electron chi connectivity index (χ4n) is 7.80. The Bertz CT molecular complexity index is 1910. The van der Waals surface area contributed by atoms with Gasteiger partial charge in [0.15, 0.2) is 9.75 Å². The van der Waals surface area contributed by atoms with E-state index < -0.39 is 70.0 Å². The predicted octanol–water partition coefficient (Wildman–Crippen LogP) is 2.99. The van der Waals surface area contributed by atoms with Crippen molar-refractivity contribution in [2.24, 2.45) is 17.8 Å². The van der Waals surface area contributed by atoms with Gasteiger partial charge in [0.2, 0.25) is 11.8 Å². The van der Waals surface area contributed by atoms with E-state index >= 15 is 0 Å². The quantitative estimate of drug-likeness (QED) is 0.162. The number of rotatable bonds is 5. The maximum absolute atomic E-state index is 14.5. The molecule has 4 aliphatic rings. The van der Waals surface area contributed by atoms with Crippen molar-refractivity contribution < 1.29 is 43.5 Å². The number of amides is 4. The van der Waals surface area contributed by atoms with Crippen LogP contribution in [0.3, 0.4) is 0 Å². The third-order valence-corrected chi connectivity index (χ3v) is 11.3. The molecule has 3 aromatic rings. The Hall–Kier alpha value is -4.23. The van der Waals surface area contributed by atoms with Crippen molar-refractivity contribution in [3.8, 4) is 11.5 Å². The van der Waals surface area contributed by atoms with Gasteiger partial charge in [0.25, 0.3) is 11.8 Å². The molecule has 3 fully saturated rings. The first-order valence-electron chi connectivity index (χ1n) is 14.8. The van der Waals surface area contributed by atoms with Crippen LogP contribution in [-0.4, -0.2) is 62.8 Å². The van der Waals surface area contributed by atoms with Gasteiger partial charge in [-0.25, -0.2) is 9.29 Å². The molecule has 0 radical (unpaired) electrons. The van der Waals surface area contributed by atoms with Crippen molar-refractivity contribution in [1.29, 1.82) is 0 Å². The molecule has 3 aromatic carbocycles. The van der Waals surface area contributed by atoms with E-state index in [1.165, 1.54) is 55.6 Å². The Morgan fingerprint density at radius 1 is 0.894 bits per heavy atom. The van der Waals surface area contributed by atoms with Crippen LogP contribution in [0.25, 0.3) is 0 Å². The molecule has 0 unspecified atom stereocenters. The minimum absolute atomic E-state index is 0.0259. The van der Waals surface area contributed by atoms with Crippen LogP contribution in [0.1, 0.15) is 24.3 Å². The average molecular weight is 679 g/mol.